The summed E-state index contributed by atoms with van der Waals surface area (Å²) in [5.41, 5.74) is 6.97. The minimum atomic E-state index is -0.837. The van der Waals surface area contributed by atoms with Crippen molar-refractivity contribution in [2.75, 3.05) is 38.3 Å². The molecular formula is C49H53N5O7. The smallest absolute Gasteiger partial charge is 0.328 e. The highest BCUT2D eigenvalue weighted by atomic mass is 16.7. The van der Waals surface area contributed by atoms with E-state index < -0.39 is 29.9 Å². The molecule has 3 amide bonds. The van der Waals surface area contributed by atoms with E-state index in [1.54, 1.807) is 0 Å². The number of carbonyl (C=O) groups is 3. The number of hydrogen-bond donors (Lipinski definition) is 4. The lowest BCUT2D eigenvalue weighted by Crippen LogP contribution is -2.57. The standard InChI is InChI=1S/C49H53N5O7/c1-59-45(56)43(28-34-10-4-2-5-11-34)52-48(58)50-30-39-12-8-9-15-42(39)36-20-22-38(23-21-36)46-60-41(29-44(61-46)37-18-16-35(32-55)17-19-37)31-53-26-24-49(25-27-53)47(57)51-33-54(49)40-13-6-3-7-14-40/h2-23,41,43-44,46,55H,24-33H2,1H3,(H,51,57)(H2,50,52,58)/t41-,43+,44+,46+/m1/s1. The molecule has 4 N–H and O–H groups in total. The highest BCUT2D eigenvalue weighted by molar-refractivity contribution is 5.93. The molecule has 0 radical (unpaired) electrons. The summed E-state index contributed by atoms with van der Waals surface area (Å²) in [4.78, 5) is 43.6. The number of aliphatic hydroxyl groups excluding tert-OH is 1. The second kappa shape index (κ2) is 19.1. The summed E-state index contributed by atoms with van der Waals surface area (Å²) in [6, 6.07) is 42.2. The van der Waals surface area contributed by atoms with Crippen molar-refractivity contribution in [1.29, 1.82) is 0 Å². The first-order valence-electron chi connectivity index (χ1n) is 21.0. The van der Waals surface area contributed by atoms with Crippen LogP contribution in [0.1, 0.15) is 59.5 Å². The molecular weight excluding hydrogens is 771 g/mol. The molecule has 0 aromatic heterocycles. The highest BCUT2D eigenvalue weighted by Gasteiger charge is 2.50. The zero-order valence-corrected chi connectivity index (χ0v) is 34.4. The van der Waals surface area contributed by atoms with E-state index in [4.69, 9.17) is 14.2 Å². The Morgan fingerprint density at radius 1 is 0.836 bits per heavy atom. The first-order chi connectivity index (χ1) is 29.8. The van der Waals surface area contributed by atoms with Gasteiger partial charge in [-0.3, -0.25) is 4.79 Å². The number of aliphatic hydroxyl groups is 1. The van der Waals surface area contributed by atoms with E-state index in [-0.39, 0.29) is 31.3 Å². The van der Waals surface area contributed by atoms with E-state index in [0.717, 1.165) is 70.6 Å². The van der Waals surface area contributed by atoms with Gasteiger partial charge in [-0.15, -0.1) is 0 Å². The summed E-state index contributed by atoms with van der Waals surface area (Å²) in [5, 5.41) is 18.5. The van der Waals surface area contributed by atoms with Gasteiger partial charge < -0.3 is 45.1 Å². The third-order valence-corrected chi connectivity index (χ3v) is 12.2. The summed E-state index contributed by atoms with van der Waals surface area (Å²) in [6.07, 6.45) is 1.41. The molecule has 3 heterocycles. The molecule has 3 aliphatic heterocycles. The Balaban J connectivity index is 0.941. The summed E-state index contributed by atoms with van der Waals surface area (Å²) >= 11 is 0. The minimum absolute atomic E-state index is 0.0281. The topological polar surface area (TPSA) is 142 Å². The summed E-state index contributed by atoms with van der Waals surface area (Å²) in [7, 11) is 1.31. The lowest BCUT2D eigenvalue weighted by atomic mass is 9.85. The molecule has 4 atom stereocenters. The van der Waals surface area contributed by atoms with Crippen molar-refractivity contribution in [3.63, 3.8) is 0 Å². The van der Waals surface area contributed by atoms with Crippen LogP contribution in [0.5, 0.6) is 0 Å². The summed E-state index contributed by atoms with van der Waals surface area (Å²) < 4.78 is 18.4. The maximum atomic E-state index is 13.3. The van der Waals surface area contributed by atoms with Crippen molar-refractivity contribution in [1.82, 2.24) is 20.9 Å². The van der Waals surface area contributed by atoms with Gasteiger partial charge in [-0.1, -0.05) is 121 Å². The first-order valence-corrected chi connectivity index (χ1v) is 21.0. The van der Waals surface area contributed by atoms with Crippen LogP contribution in [0, 0.1) is 0 Å². The second-order valence-electron chi connectivity index (χ2n) is 16.0. The molecule has 3 fully saturated rings. The van der Waals surface area contributed by atoms with Crippen LogP contribution in [0.4, 0.5) is 10.5 Å². The number of nitrogens with zero attached hydrogens (tertiary/aromatic N) is 2. The number of esters is 1. The zero-order valence-electron chi connectivity index (χ0n) is 34.4. The molecule has 0 saturated carbocycles. The third kappa shape index (κ3) is 9.63. The van der Waals surface area contributed by atoms with Crippen LogP contribution in [-0.2, 0) is 43.4 Å². The molecule has 3 saturated heterocycles. The fraction of sp³-hybridized carbons (Fsp3) is 0.327. The number of rotatable bonds is 13. The van der Waals surface area contributed by atoms with Gasteiger partial charge in [0.1, 0.15) is 11.6 Å². The van der Waals surface area contributed by atoms with Crippen LogP contribution in [0.15, 0.2) is 133 Å². The minimum Gasteiger partial charge on any atom is -0.467 e. The number of piperidine rings is 1. The van der Waals surface area contributed by atoms with Crippen molar-refractivity contribution in [3.05, 3.63) is 161 Å². The lowest BCUT2D eigenvalue weighted by molar-refractivity contribution is -0.253. The van der Waals surface area contributed by atoms with Gasteiger partial charge >= 0.3 is 12.0 Å². The van der Waals surface area contributed by atoms with Crippen LogP contribution >= 0.6 is 0 Å². The van der Waals surface area contributed by atoms with Gasteiger partial charge in [0, 0.05) is 50.3 Å². The van der Waals surface area contributed by atoms with E-state index >= 15 is 0 Å². The largest absolute Gasteiger partial charge is 0.467 e. The van der Waals surface area contributed by atoms with Gasteiger partial charge in [0.25, 0.3) is 0 Å². The molecule has 3 aliphatic rings. The van der Waals surface area contributed by atoms with Crippen LogP contribution in [-0.4, -0.2) is 79.0 Å². The number of ether oxygens (including phenoxy) is 3. The number of carbonyl (C=O) groups excluding carboxylic acids is 3. The number of amides is 3. The van der Waals surface area contributed by atoms with Crippen molar-refractivity contribution < 1.29 is 33.7 Å². The molecule has 5 aromatic rings. The van der Waals surface area contributed by atoms with Crippen molar-refractivity contribution in [2.24, 2.45) is 0 Å². The van der Waals surface area contributed by atoms with Gasteiger partial charge in [-0.05, 0) is 58.4 Å². The Bertz CT molecular complexity index is 2250. The maximum absolute atomic E-state index is 13.3. The fourth-order valence-electron chi connectivity index (χ4n) is 8.81. The molecule has 8 rings (SSSR count). The van der Waals surface area contributed by atoms with E-state index in [1.807, 2.05) is 121 Å². The average molecular weight is 824 g/mol. The zero-order chi connectivity index (χ0) is 42.2. The highest BCUT2D eigenvalue weighted by Crippen LogP contribution is 2.40. The van der Waals surface area contributed by atoms with Gasteiger partial charge in [0.05, 0.1) is 32.6 Å². The van der Waals surface area contributed by atoms with E-state index in [9.17, 15) is 19.5 Å². The number of methoxy groups -OCH3 is 1. The van der Waals surface area contributed by atoms with Gasteiger partial charge in [0.2, 0.25) is 5.91 Å². The number of anilines is 1. The average Bonchev–Trinajstić information content (AvgIpc) is 3.63. The van der Waals surface area contributed by atoms with Crippen LogP contribution in [0.2, 0.25) is 0 Å². The molecule has 61 heavy (non-hydrogen) atoms. The van der Waals surface area contributed by atoms with Crippen LogP contribution in [0.3, 0.4) is 0 Å². The second-order valence-corrected chi connectivity index (χ2v) is 16.0. The van der Waals surface area contributed by atoms with Crippen molar-refractivity contribution in [3.8, 4) is 11.1 Å². The number of hydrogen-bond acceptors (Lipinski definition) is 9. The molecule has 0 bridgehead atoms. The third-order valence-electron chi connectivity index (χ3n) is 12.2. The predicted octanol–water partition coefficient (Wildman–Crippen LogP) is 6.40. The van der Waals surface area contributed by atoms with Crippen molar-refractivity contribution in [2.45, 2.75) is 68.9 Å². The molecule has 5 aromatic carbocycles. The normalized spacial score (nSPS) is 20.5. The molecule has 12 nitrogen and oxygen atoms in total. The van der Waals surface area contributed by atoms with Crippen LogP contribution < -0.4 is 20.9 Å². The molecule has 12 heteroatoms. The Kier molecular flexibility index (Phi) is 13.1. The Labute approximate surface area is 356 Å². The molecule has 0 aliphatic carbocycles. The van der Waals surface area contributed by atoms with Gasteiger partial charge in [-0.2, -0.15) is 0 Å². The SMILES string of the molecule is COC(=O)[C@H](Cc1ccccc1)NC(=O)NCc1ccccc1-c1ccc([C@H]2O[C@@H](CN3CCC4(CC3)C(=O)NCN4c3ccccc3)C[C@@H](c3ccc(CO)cc3)O2)cc1. The maximum Gasteiger partial charge on any atom is 0.328 e. The van der Waals surface area contributed by atoms with Gasteiger partial charge in [-0.25, -0.2) is 9.59 Å². The number of benzene rings is 5. The van der Waals surface area contributed by atoms with E-state index in [1.165, 1.54) is 7.11 Å². The monoisotopic (exact) mass is 823 g/mol. The Hall–Kier alpha value is -6.05. The predicted molar refractivity (Wildman–Crippen MR) is 232 cm³/mol. The van der Waals surface area contributed by atoms with Crippen LogP contribution in [0.25, 0.3) is 11.1 Å². The Morgan fingerprint density at radius 3 is 2.21 bits per heavy atom. The summed E-state index contributed by atoms with van der Waals surface area (Å²) in [5.74, 6) is -0.418. The number of nitrogens with one attached hydrogen (secondary N) is 3. The van der Waals surface area contributed by atoms with E-state index in [0.29, 0.717) is 26.1 Å². The van der Waals surface area contributed by atoms with Crippen molar-refractivity contribution >= 4 is 23.6 Å². The molecule has 316 valence electrons. The number of likely N-dealkylation sites (tertiary alicyclic amines) is 1. The first kappa shape index (κ1) is 41.7. The lowest BCUT2D eigenvalue weighted by Gasteiger charge is -2.45. The summed E-state index contributed by atoms with van der Waals surface area (Å²) in [6.45, 7) is 2.96. The number of para-hydroxylation sites is 1. The fourth-order valence-corrected chi connectivity index (χ4v) is 8.81. The van der Waals surface area contributed by atoms with E-state index in [2.05, 4.69) is 37.9 Å². The number of urea groups is 1. The molecule has 0 unspecified atom stereocenters. The quantitative estimate of drug-likeness (QED) is 0.0993. The van der Waals surface area contributed by atoms with Gasteiger partial charge in [0.15, 0.2) is 6.29 Å². The Morgan fingerprint density at radius 2 is 1.51 bits per heavy atom. The molecule has 1 spiro atoms.